The quantitative estimate of drug-likeness (QED) is 0.771. The number of hydrogen-bond acceptors (Lipinski definition) is 4. The largest absolute Gasteiger partial charge is 0.483 e. The maximum Gasteiger partial charge on any atom is 0.232 e. The van der Waals surface area contributed by atoms with Gasteiger partial charge in [0.25, 0.3) is 0 Å². The van der Waals surface area contributed by atoms with Gasteiger partial charge in [-0.15, -0.1) is 0 Å². The van der Waals surface area contributed by atoms with Crippen LogP contribution in [-0.2, 0) is 13.2 Å². The third-order valence-electron chi connectivity index (χ3n) is 3.16. The number of rotatable bonds is 5. The molecule has 0 atom stereocenters. The number of nitrogens with zero attached hydrogens (tertiary/aromatic N) is 1. The first-order chi connectivity index (χ1) is 10.8. The third kappa shape index (κ3) is 3.30. The molecule has 0 radical (unpaired) electrons. The van der Waals surface area contributed by atoms with Gasteiger partial charge in [0, 0.05) is 16.1 Å². The van der Waals surface area contributed by atoms with Crippen LogP contribution in [0.2, 0.25) is 5.02 Å². The van der Waals surface area contributed by atoms with Gasteiger partial charge in [0.05, 0.1) is 12.8 Å². The first-order valence-electron chi connectivity index (χ1n) is 6.78. The van der Waals surface area contributed by atoms with Crippen LogP contribution in [0.4, 0.5) is 0 Å². The molecule has 5 heteroatoms. The van der Waals surface area contributed by atoms with E-state index in [1.807, 2.05) is 36.4 Å². The second-order valence-corrected chi connectivity index (χ2v) is 5.12. The fourth-order valence-corrected chi connectivity index (χ4v) is 2.26. The second-order valence-electron chi connectivity index (χ2n) is 4.68. The SMILES string of the molecule is OCc1ccccc1OCc1ncc(-c2cccc(Cl)c2)o1. The van der Waals surface area contributed by atoms with Gasteiger partial charge in [0.2, 0.25) is 5.89 Å². The minimum absolute atomic E-state index is 0.0739. The molecule has 1 aromatic heterocycles. The number of ether oxygens (including phenoxy) is 1. The summed E-state index contributed by atoms with van der Waals surface area (Å²) in [5, 5.41) is 9.91. The Hall–Kier alpha value is -2.30. The summed E-state index contributed by atoms with van der Waals surface area (Å²) >= 11 is 5.97. The summed E-state index contributed by atoms with van der Waals surface area (Å²) in [5.41, 5.74) is 1.59. The van der Waals surface area contributed by atoms with E-state index in [0.29, 0.717) is 22.4 Å². The monoisotopic (exact) mass is 315 g/mol. The van der Waals surface area contributed by atoms with Crippen LogP contribution in [0.1, 0.15) is 11.5 Å². The summed E-state index contributed by atoms with van der Waals surface area (Å²) in [7, 11) is 0. The predicted molar refractivity (Wildman–Crippen MR) is 83.6 cm³/mol. The highest BCUT2D eigenvalue weighted by Crippen LogP contribution is 2.24. The van der Waals surface area contributed by atoms with Crippen LogP contribution >= 0.6 is 11.6 Å². The average molecular weight is 316 g/mol. The van der Waals surface area contributed by atoms with Crippen LogP contribution in [0.15, 0.2) is 59.1 Å². The zero-order chi connectivity index (χ0) is 15.4. The lowest BCUT2D eigenvalue weighted by molar-refractivity contribution is 0.242. The Morgan fingerprint density at radius 3 is 2.82 bits per heavy atom. The smallest absolute Gasteiger partial charge is 0.232 e. The zero-order valence-electron chi connectivity index (χ0n) is 11.7. The zero-order valence-corrected chi connectivity index (χ0v) is 12.5. The summed E-state index contributed by atoms with van der Waals surface area (Å²) in [6.07, 6.45) is 1.64. The van der Waals surface area contributed by atoms with E-state index in [-0.39, 0.29) is 13.2 Å². The Kier molecular flexibility index (Phi) is 4.42. The highest BCUT2D eigenvalue weighted by Gasteiger charge is 2.09. The van der Waals surface area contributed by atoms with E-state index in [0.717, 1.165) is 11.1 Å². The highest BCUT2D eigenvalue weighted by atomic mass is 35.5. The number of halogens is 1. The van der Waals surface area contributed by atoms with Crippen molar-refractivity contribution in [2.45, 2.75) is 13.2 Å². The van der Waals surface area contributed by atoms with E-state index in [1.165, 1.54) is 0 Å². The van der Waals surface area contributed by atoms with E-state index in [2.05, 4.69) is 4.98 Å². The van der Waals surface area contributed by atoms with Crippen LogP contribution in [0.25, 0.3) is 11.3 Å². The van der Waals surface area contributed by atoms with Crippen molar-refractivity contribution in [3.05, 3.63) is 71.2 Å². The fraction of sp³-hybridized carbons (Fsp3) is 0.118. The molecule has 0 spiro atoms. The summed E-state index contributed by atoms with van der Waals surface area (Å²) in [6.45, 7) is 0.118. The molecule has 112 valence electrons. The molecular weight excluding hydrogens is 302 g/mol. The van der Waals surface area contributed by atoms with Gasteiger partial charge in [-0.25, -0.2) is 4.98 Å². The van der Waals surface area contributed by atoms with Crippen molar-refractivity contribution >= 4 is 11.6 Å². The molecule has 0 aliphatic carbocycles. The van der Waals surface area contributed by atoms with Crippen molar-refractivity contribution in [2.75, 3.05) is 0 Å². The predicted octanol–water partition coefficient (Wildman–Crippen LogP) is 4.07. The summed E-state index contributed by atoms with van der Waals surface area (Å²) in [5.74, 6) is 1.71. The molecule has 0 unspecified atom stereocenters. The highest BCUT2D eigenvalue weighted by molar-refractivity contribution is 6.30. The molecule has 4 nitrogen and oxygen atoms in total. The standard InChI is InChI=1S/C17H14ClNO3/c18-14-6-3-5-12(8-14)16-9-19-17(22-16)11-21-15-7-2-1-4-13(15)10-20/h1-9,20H,10-11H2. The Morgan fingerprint density at radius 1 is 1.14 bits per heavy atom. The number of benzene rings is 2. The molecule has 1 heterocycles. The van der Waals surface area contributed by atoms with E-state index in [9.17, 15) is 5.11 Å². The second kappa shape index (κ2) is 6.64. The molecule has 3 rings (SSSR count). The lowest BCUT2D eigenvalue weighted by Crippen LogP contribution is -1.98. The Bertz CT molecular complexity index is 770. The van der Waals surface area contributed by atoms with E-state index in [1.54, 1.807) is 18.3 Å². The number of aliphatic hydroxyl groups excluding tert-OH is 1. The molecule has 0 amide bonds. The molecule has 22 heavy (non-hydrogen) atoms. The molecule has 0 aliphatic heterocycles. The van der Waals surface area contributed by atoms with Gasteiger partial charge in [-0.05, 0) is 18.2 Å². The number of aliphatic hydroxyl groups is 1. The molecule has 0 saturated carbocycles. The number of aromatic nitrogens is 1. The van der Waals surface area contributed by atoms with Gasteiger partial charge in [-0.1, -0.05) is 41.9 Å². The average Bonchev–Trinajstić information content (AvgIpc) is 3.02. The maximum absolute atomic E-state index is 9.26. The normalized spacial score (nSPS) is 10.6. The molecular formula is C17H14ClNO3. The molecule has 0 bridgehead atoms. The van der Waals surface area contributed by atoms with Gasteiger partial charge >= 0.3 is 0 Å². The topological polar surface area (TPSA) is 55.5 Å². The van der Waals surface area contributed by atoms with Crippen LogP contribution in [0, 0.1) is 0 Å². The van der Waals surface area contributed by atoms with Crippen molar-refractivity contribution in [3.63, 3.8) is 0 Å². The Labute approximate surface area is 133 Å². The van der Waals surface area contributed by atoms with E-state index >= 15 is 0 Å². The van der Waals surface area contributed by atoms with Gasteiger partial charge in [0.1, 0.15) is 5.75 Å². The van der Waals surface area contributed by atoms with E-state index in [4.69, 9.17) is 20.8 Å². The van der Waals surface area contributed by atoms with Gasteiger partial charge in [-0.3, -0.25) is 0 Å². The number of hydrogen-bond donors (Lipinski definition) is 1. The van der Waals surface area contributed by atoms with E-state index < -0.39 is 0 Å². The molecule has 2 aromatic carbocycles. The van der Waals surface area contributed by atoms with Crippen LogP contribution < -0.4 is 4.74 Å². The van der Waals surface area contributed by atoms with Crippen LogP contribution in [0.3, 0.4) is 0 Å². The maximum atomic E-state index is 9.26. The van der Waals surface area contributed by atoms with Crippen LogP contribution in [0.5, 0.6) is 5.75 Å². The third-order valence-corrected chi connectivity index (χ3v) is 3.39. The molecule has 0 saturated heterocycles. The Morgan fingerprint density at radius 2 is 2.00 bits per heavy atom. The van der Waals surface area contributed by atoms with Crippen molar-refractivity contribution < 1.29 is 14.3 Å². The van der Waals surface area contributed by atoms with Gasteiger partial charge in [0.15, 0.2) is 12.4 Å². The fourth-order valence-electron chi connectivity index (χ4n) is 2.07. The lowest BCUT2D eigenvalue weighted by Gasteiger charge is -2.07. The van der Waals surface area contributed by atoms with Crippen molar-refractivity contribution in [2.24, 2.45) is 0 Å². The van der Waals surface area contributed by atoms with Gasteiger partial charge in [-0.2, -0.15) is 0 Å². The number of oxazole rings is 1. The summed E-state index contributed by atoms with van der Waals surface area (Å²) in [4.78, 5) is 4.20. The first-order valence-corrected chi connectivity index (χ1v) is 7.16. The van der Waals surface area contributed by atoms with Crippen LogP contribution in [-0.4, -0.2) is 10.1 Å². The van der Waals surface area contributed by atoms with Crippen molar-refractivity contribution in [1.29, 1.82) is 0 Å². The molecule has 3 aromatic rings. The van der Waals surface area contributed by atoms with Gasteiger partial charge < -0.3 is 14.3 Å². The molecule has 0 aliphatic rings. The first kappa shape index (κ1) is 14.6. The minimum atomic E-state index is -0.0739. The minimum Gasteiger partial charge on any atom is -0.483 e. The van der Waals surface area contributed by atoms with Crippen molar-refractivity contribution in [3.8, 4) is 17.1 Å². The summed E-state index contributed by atoms with van der Waals surface area (Å²) < 4.78 is 11.3. The molecule has 0 fully saturated rings. The molecule has 1 N–H and O–H groups in total. The number of para-hydroxylation sites is 1. The Balaban J connectivity index is 1.72. The van der Waals surface area contributed by atoms with Crippen molar-refractivity contribution in [1.82, 2.24) is 4.98 Å². The summed E-state index contributed by atoms with van der Waals surface area (Å²) in [6, 6.07) is 14.7. The lowest BCUT2D eigenvalue weighted by atomic mass is 10.2.